The van der Waals surface area contributed by atoms with E-state index in [4.69, 9.17) is 32.8 Å². The minimum Gasteiger partial charge on any atom is -0.497 e. The normalized spacial score (nSPS) is 20.6. The molecule has 1 aliphatic rings. The van der Waals surface area contributed by atoms with E-state index in [1.165, 1.54) is 5.19 Å². The Hall–Kier alpha value is -3.60. The van der Waals surface area contributed by atoms with Gasteiger partial charge in [0.25, 0.3) is 0 Å². The molecule has 7 nitrogen and oxygen atoms in total. The fraction of sp³-hybridized carbons (Fsp3) is 0.395. The van der Waals surface area contributed by atoms with Crippen molar-refractivity contribution in [3.05, 3.63) is 145 Å². The second-order valence-corrected chi connectivity index (χ2v) is 17.1. The molecule has 1 aliphatic heterocycles. The minimum atomic E-state index is -2.60. The van der Waals surface area contributed by atoms with Crippen LogP contribution in [0, 0.1) is 0 Å². The van der Waals surface area contributed by atoms with E-state index in [2.05, 4.69) is 69.0 Å². The van der Waals surface area contributed by atoms with Gasteiger partial charge in [-0.3, -0.25) is 0 Å². The molecular weight excluding hydrogens is 657 g/mol. The van der Waals surface area contributed by atoms with Crippen molar-refractivity contribution in [2.45, 2.75) is 89.3 Å². The van der Waals surface area contributed by atoms with Gasteiger partial charge in [-0.2, -0.15) is 0 Å². The summed E-state index contributed by atoms with van der Waals surface area (Å²) in [5.41, 5.74) is 3.22. The van der Waals surface area contributed by atoms with E-state index in [0.29, 0.717) is 33.0 Å². The highest BCUT2D eigenvalue weighted by molar-refractivity contribution is 6.86. The molecule has 0 spiro atoms. The minimum absolute atomic E-state index is 0.293. The SMILES string of the molecule is C=CCCCO[C@@H]1O[C@H](COCc2ccccc2)[C@@H](OCc2ccccc2)[C@H](OCc2ccccc2)[C@H]1O[Si](CC)(CC)c1ccc(OC)cc1. The van der Waals surface area contributed by atoms with Crippen LogP contribution >= 0.6 is 0 Å². The molecule has 0 radical (unpaired) electrons. The van der Waals surface area contributed by atoms with E-state index in [-0.39, 0.29) is 0 Å². The van der Waals surface area contributed by atoms with Gasteiger partial charge < -0.3 is 32.8 Å². The molecule has 0 unspecified atom stereocenters. The predicted octanol–water partition coefficient (Wildman–Crippen LogP) is 8.37. The fourth-order valence-corrected chi connectivity index (χ4v) is 9.87. The first-order valence-corrected chi connectivity index (χ1v) is 20.5. The first-order chi connectivity index (χ1) is 25.1. The van der Waals surface area contributed by atoms with Gasteiger partial charge in [0, 0.05) is 0 Å². The molecule has 0 amide bonds. The Kier molecular flexibility index (Phi) is 15.5. The van der Waals surface area contributed by atoms with E-state index in [1.54, 1.807) is 7.11 Å². The average molecular weight is 711 g/mol. The molecule has 1 saturated heterocycles. The van der Waals surface area contributed by atoms with Crippen molar-refractivity contribution in [1.29, 1.82) is 0 Å². The molecule has 5 rings (SSSR count). The standard InChI is InChI=1S/C43H54O7Si/c1-5-8-18-29-46-43-42(50-51(6-2,7-3)38-27-25-37(44-4)26-28-38)41(48-32-36-23-16-11-17-24-36)40(47-31-35-21-14-10-15-22-35)39(49-43)33-45-30-34-19-12-9-13-20-34/h5,9-17,19-28,39-43H,1,6-8,18,29-33H2,2-4H3/t39-,40-,41+,42-,43-/m1/s1. The number of unbranched alkanes of at least 4 members (excludes halogenated alkanes) is 1. The van der Waals surface area contributed by atoms with Gasteiger partial charge in [0.15, 0.2) is 6.29 Å². The molecule has 272 valence electrons. The van der Waals surface area contributed by atoms with Gasteiger partial charge in [-0.15, -0.1) is 6.58 Å². The number of benzene rings is 4. The summed E-state index contributed by atoms with van der Waals surface area (Å²) in [4.78, 5) is 0. The lowest BCUT2D eigenvalue weighted by molar-refractivity contribution is -0.315. The van der Waals surface area contributed by atoms with Gasteiger partial charge in [-0.05, 0) is 58.9 Å². The zero-order chi connectivity index (χ0) is 35.7. The summed E-state index contributed by atoms with van der Waals surface area (Å²) in [6, 6.07) is 40.6. The summed E-state index contributed by atoms with van der Waals surface area (Å²) in [5, 5.41) is 1.19. The molecule has 8 heteroatoms. The summed E-state index contributed by atoms with van der Waals surface area (Å²) in [5.74, 6) is 0.815. The van der Waals surface area contributed by atoms with Crippen LogP contribution in [-0.4, -0.2) is 59.3 Å². The molecule has 0 N–H and O–H groups in total. The van der Waals surface area contributed by atoms with Gasteiger partial charge in [-0.1, -0.05) is 123 Å². The van der Waals surface area contributed by atoms with E-state index in [0.717, 1.165) is 47.4 Å². The largest absolute Gasteiger partial charge is 0.497 e. The second kappa shape index (κ2) is 20.4. The van der Waals surface area contributed by atoms with Crippen molar-refractivity contribution >= 4 is 13.5 Å². The van der Waals surface area contributed by atoms with Gasteiger partial charge in [0.2, 0.25) is 8.32 Å². The predicted molar refractivity (Wildman–Crippen MR) is 204 cm³/mol. The Labute approximate surface area is 305 Å². The highest BCUT2D eigenvalue weighted by Crippen LogP contribution is 2.34. The third-order valence-electron chi connectivity index (χ3n) is 9.51. The summed E-state index contributed by atoms with van der Waals surface area (Å²) in [6.07, 6.45) is 0.763. The van der Waals surface area contributed by atoms with Crippen LogP contribution in [0.2, 0.25) is 12.1 Å². The van der Waals surface area contributed by atoms with Crippen LogP contribution in [0.25, 0.3) is 0 Å². The zero-order valence-electron chi connectivity index (χ0n) is 30.4. The number of hydrogen-bond acceptors (Lipinski definition) is 7. The number of hydrogen-bond donors (Lipinski definition) is 0. The molecule has 0 aliphatic carbocycles. The van der Waals surface area contributed by atoms with E-state index in [9.17, 15) is 0 Å². The van der Waals surface area contributed by atoms with Crippen molar-refractivity contribution in [3.63, 3.8) is 0 Å². The van der Waals surface area contributed by atoms with Crippen molar-refractivity contribution in [1.82, 2.24) is 0 Å². The third kappa shape index (κ3) is 10.9. The van der Waals surface area contributed by atoms with Gasteiger partial charge in [0.05, 0.1) is 40.1 Å². The molecule has 5 atom stereocenters. The van der Waals surface area contributed by atoms with E-state index >= 15 is 0 Å². The van der Waals surface area contributed by atoms with E-state index < -0.39 is 39.0 Å². The first-order valence-electron chi connectivity index (χ1n) is 18.2. The van der Waals surface area contributed by atoms with Gasteiger partial charge in [0.1, 0.15) is 30.2 Å². The fourth-order valence-electron chi connectivity index (χ4n) is 6.54. The van der Waals surface area contributed by atoms with Gasteiger partial charge >= 0.3 is 0 Å². The van der Waals surface area contributed by atoms with Crippen LogP contribution in [0.15, 0.2) is 128 Å². The molecule has 0 saturated carbocycles. The molecule has 51 heavy (non-hydrogen) atoms. The molecule has 0 aromatic heterocycles. The van der Waals surface area contributed by atoms with Crippen molar-refractivity contribution in [2.24, 2.45) is 0 Å². The average Bonchev–Trinajstić information content (AvgIpc) is 3.19. The second-order valence-electron chi connectivity index (χ2n) is 12.9. The Morgan fingerprint density at radius 2 is 1.22 bits per heavy atom. The van der Waals surface area contributed by atoms with Crippen LogP contribution in [0.4, 0.5) is 0 Å². The quantitative estimate of drug-likeness (QED) is 0.0489. The van der Waals surface area contributed by atoms with Gasteiger partial charge in [-0.25, -0.2) is 0 Å². The van der Waals surface area contributed by atoms with Crippen LogP contribution in [0.5, 0.6) is 5.75 Å². The van der Waals surface area contributed by atoms with Crippen molar-refractivity contribution < 1.29 is 32.8 Å². The maximum atomic E-state index is 7.49. The summed E-state index contributed by atoms with van der Waals surface area (Å²) in [6.45, 7) is 10.3. The smallest absolute Gasteiger partial charge is 0.224 e. The molecule has 0 bridgehead atoms. The molecule has 1 fully saturated rings. The van der Waals surface area contributed by atoms with Crippen molar-refractivity contribution in [3.8, 4) is 5.75 Å². The maximum Gasteiger partial charge on any atom is 0.224 e. The summed E-state index contributed by atoms with van der Waals surface area (Å²) in [7, 11) is -0.907. The maximum absolute atomic E-state index is 7.49. The zero-order valence-corrected chi connectivity index (χ0v) is 31.4. The van der Waals surface area contributed by atoms with Crippen molar-refractivity contribution in [2.75, 3.05) is 20.3 Å². The highest BCUT2D eigenvalue weighted by atomic mass is 28.4. The van der Waals surface area contributed by atoms with Crippen LogP contribution in [-0.2, 0) is 47.9 Å². The lowest BCUT2D eigenvalue weighted by atomic mass is 9.98. The van der Waals surface area contributed by atoms with Crippen LogP contribution < -0.4 is 9.92 Å². The van der Waals surface area contributed by atoms with Crippen LogP contribution in [0.3, 0.4) is 0 Å². The number of rotatable bonds is 21. The lowest BCUT2D eigenvalue weighted by Gasteiger charge is -2.48. The third-order valence-corrected chi connectivity index (χ3v) is 13.9. The Morgan fingerprint density at radius 3 is 1.75 bits per heavy atom. The first kappa shape index (κ1) is 38.6. The molecular formula is C43H54O7Si. The number of methoxy groups -OCH3 is 1. The lowest BCUT2D eigenvalue weighted by Crippen LogP contribution is -2.65. The Morgan fingerprint density at radius 1 is 0.667 bits per heavy atom. The Balaban J connectivity index is 1.52. The monoisotopic (exact) mass is 710 g/mol. The Bertz CT molecular complexity index is 1530. The molecule has 1 heterocycles. The molecule has 4 aromatic rings. The number of ether oxygens (including phenoxy) is 6. The van der Waals surface area contributed by atoms with Crippen LogP contribution in [0.1, 0.15) is 43.4 Å². The number of allylic oxidation sites excluding steroid dienone is 1. The van der Waals surface area contributed by atoms with E-state index in [1.807, 2.05) is 72.8 Å². The molecule has 4 aromatic carbocycles. The summed E-state index contributed by atoms with van der Waals surface area (Å²) < 4.78 is 46.7. The highest BCUT2D eigenvalue weighted by Gasteiger charge is 2.52. The summed E-state index contributed by atoms with van der Waals surface area (Å²) >= 11 is 0. The topological polar surface area (TPSA) is 64.6 Å².